The van der Waals surface area contributed by atoms with Crippen molar-refractivity contribution in [3.05, 3.63) is 52.0 Å². The smallest absolute Gasteiger partial charge is 0.208 e. The van der Waals surface area contributed by atoms with E-state index < -0.39 is 9.84 Å². The van der Waals surface area contributed by atoms with Crippen LogP contribution in [0.1, 0.15) is 11.1 Å². The molecule has 0 amide bonds. The van der Waals surface area contributed by atoms with E-state index in [1.54, 1.807) is 24.3 Å². The second-order valence-electron chi connectivity index (χ2n) is 6.74. The van der Waals surface area contributed by atoms with Crippen LogP contribution < -0.4 is 4.90 Å². The van der Waals surface area contributed by atoms with E-state index in [0.717, 1.165) is 41.7 Å². The Bertz CT molecular complexity index is 877. The number of rotatable bonds is 3. The van der Waals surface area contributed by atoms with Gasteiger partial charge in [-0.2, -0.15) is 0 Å². The van der Waals surface area contributed by atoms with Crippen LogP contribution in [0.25, 0.3) is 0 Å². The predicted molar refractivity (Wildman–Crippen MR) is 105 cm³/mol. The minimum Gasteiger partial charge on any atom is -0.377 e. The van der Waals surface area contributed by atoms with Crippen LogP contribution in [0.4, 0.5) is 5.69 Å². The lowest BCUT2D eigenvalue weighted by Crippen LogP contribution is -2.20. The summed E-state index contributed by atoms with van der Waals surface area (Å²) in [6.07, 6.45) is 1.83. The minimum absolute atomic E-state index is 0.324. The molecule has 0 fully saturated rings. The molecule has 1 aliphatic rings. The van der Waals surface area contributed by atoms with Crippen molar-refractivity contribution in [1.82, 2.24) is 4.90 Å². The summed E-state index contributed by atoms with van der Waals surface area (Å²) in [6.45, 7) is 1.95. The molecule has 0 saturated heterocycles. The van der Waals surface area contributed by atoms with Crippen molar-refractivity contribution in [1.29, 1.82) is 0 Å². The average Bonchev–Trinajstić information content (AvgIpc) is 2.75. The minimum atomic E-state index is -3.57. The number of benzene rings is 2. The van der Waals surface area contributed by atoms with Gasteiger partial charge >= 0.3 is 0 Å². The predicted octanol–water partition coefficient (Wildman–Crippen LogP) is 3.38. The summed E-state index contributed by atoms with van der Waals surface area (Å²) >= 11 is 3.36. The first-order valence-electron chi connectivity index (χ1n) is 8.31. The highest BCUT2D eigenvalue weighted by atomic mass is 79.9. The Hall–Kier alpha value is -1.37. The zero-order valence-corrected chi connectivity index (χ0v) is 17.2. The lowest BCUT2D eigenvalue weighted by atomic mass is 10.0. The van der Waals surface area contributed by atoms with Gasteiger partial charge in [0.15, 0.2) is 0 Å². The molecule has 0 bridgehead atoms. The van der Waals surface area contributed by atoms with Gasteiger partial charge in [0.05, 0.1) is 15.5 Å². The largest absolute Gasteiger partial charge is 0.377 e. The van der Waals surface area contributed by atoms with E-state index >= 15 is 0 Å². The lowest BCUT2D eigenvalue weighted by molar-refractivity contribution is 0.352. The normalized spacial score (nSPS) is 15.5. The molecule has 4 nitrogen and oxygen atoms in total. The van der Waals surface area contributed by atoms with Crippen LogP contribution in [0.15, 0.2) is 50.7 Å². The van der Waals surface area contributed by atoms with Crippen molar-refractivity contribution < 1.29 is 8.42 Å². The third kappa shape index (κ3) is 3.76. The summed E-state index contributed by atoms with van der Waals surface area (Å²) in [5, 5.41) is 0. The van der Waals surface area contributed by atoms with Gasteiger partial charge in [0.25, 0.3) is 0 Å². The van der Waals surface area contributed by atoms with Crippen molar-refractivity contribution in [2.24, 2.45) is 0 Å². The molecule has 25 heavy (non-hydrogen) atoms. The van der Waals surface area contributed by atoms with Crippen molar-refractivity contribution >= 4 is 31.5 Å². The van der Waals surface area contributed by atoms with Gasteiger partial charge in [0, 0.05) is 31.7 Å². The molecule has 0 spiro atoms. The van der Waals surface area contributed by atoms with Gasteiger partial charge in [-0.25, -0.2) is 8.42 Å². The molecule has 0 atom stereocenters. The molecular formula is C19H23BrN2O2S. The van der Waals surface area contributed by atoms with Crippen LogP contribution in [0.3, 0.4) is 0 Å². The van der Waals surface area contributed by atoms with Crippen LogP contribution >= 0.6 is 15.9 Å². The van der Waals surface area contributed by atoms with E-state index in [1.807, 2.05) is 25.1 Å². The van der Waals surface area contributed by atoms with Crippen molar-refractivity contribution in [2.45, 2.75) is 22.6 Å². The number of hydrogen-bond acceptors (Lipinski definition) is 4. The number of nitrogens with zero attached hydrogens (tertiary/aromatic N) is 2. The summed E-state index contributed by atoms with van der Waals surface area (Å²) in [4.78, 5) is 4.89. The van der Waals surface area contributed by atoms with Crippen LogP contribution in [0, 0.1) is 0 Å². The Balaban J connectivity index is 2.16. The summed E-state index contributed by atoms with van der Waals surface area (Å²) < 4.78 is 27.4. The number of halogens is 1. The highest BCUT2D eigenvalue weighted by Gasteiger charge is 2.25. The Kier molecular flexibility index (Phi) is 5.23. The monoisotopic (exact) mass is 422 g/mol. The maximum Gasteiger partial charge on any atom is 0.208 e. The summed E-state index contributed by atoms with van der Waals surface area (Å²) in [5.74, 6) is 0. The first-order chi connectivity index (χ1) is 11.8. The average molecular weight is 423 g/mol. The van der Waals surface area contributed by atoms with E-state index in [2.05, 4.69) is 33.9 Å². The number of hydrogen-bond donors (Lipinski definition) is 0. The Morgan fingerprint density at radius 3 is 2.12 bits per heavy atom. The van der Waals surface area contributed by atoms with Gasteiger partial charge in [-0.1, -0.05) is 15.9 Å². The van der Waals surface area contributed by atoms with Gasteiger partial charge in [-0.05, 0) is 67.4 Å². The van der Waals surface area contributed by atoms with Crippen molar-refractivity contribution in [3.63, 3.8) is 0 Å². The summed E-state index contributed by atoms with van der Waals surface area (Å²) in [6, 6.07) is 10.8. The van der Waals surface area contributed by atoms with E-state index in [4.69, 9.17) is 0 Å². The standard InChI is InChI=1S/C19H23BrN2O2S/c1-21(2)18-12-14-8-10-22(3)11-9-15(14)13-19(18)25(23,24)17-6-4-16(20)5-7-17/h4-7,12-13H,8-11H2,1-3H3. The van der Waals surface area contributed by atoms with E-state index in [1.165, 1.54) is 5.56 Å². The highest BCUT2D eigenvalue weighted by molar-refractivity contribution is 9.10. The molecule has 6 heteroatoms. The van der Waals surface area contributed by atoms with Crippen molar-refractivity contribution in [3.8, 4) is 0 Å². The zero-order valence-electron chi connectivity index (χ0n) is 14.8. The Morgan fingerprint density at radius 2 is 1.56 bits per heavy atom. The van der Waals surface area contributed by atoms with Gasteiger partial charge in [-0.3, -0.25) is 0 Å². The molecule has 1 aliphatic heterocycles. The quantitative estimate of drug-likeness (QED) is 0.759. The lowest BCUT2D eigenvalue weighted by Gasteiger charge is -2.21. The van der Waals surface area contributed by atoms with Gasteiger partial charge in [0.2, 0.25) is 9.84 Å². The zero-order chi connectivity index (χ0) is 18.2. The topological polar surface area (TPSA) is 40.6 Å². The maximum atomic E-state index is 13.3. The van der Waals surface area contributed by atoms with Gasteiger partial charge < -0.3 is 9.80 Å². The third-order valence-electron chi connectivity index (χ3n) is 4.70. The fourth-order valence-electron chi connectivity index (χ4n) is 3.16. The number of fused-ring (bicyclic) bond motifs is 1. The second kappa shape index (κ2) is 7.09. The first-order valence-corrected chi connectivity index (χ1v) is 10.6. The van der Waals surface area contributed by atoms with Crippen LogP contribution in [-0.4, -0.2) is 47.6 Å². The molecule has 3 rings (SSSR count). The fourth-order valence-corrected chi connectivity index (χ4v) is 4.99. The molecule has 2 aromatic carbocycles. The van der Waals surface area contributed by atoms with E-state index in [-0.39, 0.29) is 0 Å². The molecule has 0 aliphatic carbocycles. The number of likely N-dealkylation sites (N-methyl/N-ethyl adjacent to an activating group) is 1. The van der Waals surface area contributed by atoms with Gasteiger partial charge in [0.1, 0.15) is 0 Å². The molecule has 0 aromatic heterocycles. The fraction of sp³-hybridized carbons (Fsp3) is 0.368. The molecule has 0 saturated carbocycles. The molecule has 0 unspecified atom stereocenters. The Labute approximate surface area is 158 Å². The molecule has 2 aromatic rings. The highest BCUT2D eigenvalue weighted by Crippen LogP contribution is 2.33. The maximum absolute atomic E-state index is 13.3. The summed E-state index contributed by atoms with van der Waals surface area (Å²) in [5.41, 5.74) is 3.15. The van der Waals surface area contributed by atoms with E-state index in [9.17, 15) is 8.42 Å². The van der Waals surface area contributed by atoms with Crippen LogP contribution in [-0.2, 0) is 22.7 Å². The number of anilines is 1. The number of sulfone groups is 1. The van der Waals surface area contributed by atoms with Gasteiger partial charge in [-0.15, -0.1) is 0 Å². The molecule has 0 N–H and O–H groups in total. The van der Waals surface area contributed by atoms with E-state index in [0.29, 0.717) is 9.79 Å². The SMILES string of the molecule is CN1CCc2cc(N(C)C)c(S(=O)(=O)c3ccc(Br)cc3)cc2CC1. The molecule has 1 heterocycles. The van der Waals surface area contributed by atoms with Crippen LogP contribution in [0.2, 0.25) is 0 Å². The molecule has 134 valence electrons. The molecule has 0 radical (unpaired) electrons. The van der Waals surface area contributed by atoms with Crippen LogP contribution in [0.5, 0.6) is 0 Å². The first kappa shape index (κ1) is 18.4. The van der Waals surface area contributed by atoms with Crippen molar-refractivity contribution in [2.75, 3.05) is 39.1 Å². The second-order valence-corrected chi connectivity index (χ2v) is 9.58. The summed E-state index contributed by atoms with van der Waals surface area (Å²) in [7, 11) is 2.33. The molecular weight excluding hydrogens is 400 g/mol. The third-order valence-corrected chi connectivity index (χ3v) is 7.03. The Morgan fingerprint density at radius 1 is 1.00 bits per heavy atom.